The summed E-state index contributed by atoms with van der Waals surface area (Å²) in [7, 11) is 1.56. The molecule has 0 bridgehead atoms. The van der Waals surface area contributed by atoms with Crippen LogP contribution in [0, 0.1) is 24.0 Å². The number of rotatable bonds is 6. The number of nitro benzene ring substituents is 1. The largest absolute Gasteiger partial charge is 0.495 e. The zero-order chi connectivity index (χ0) is 17.7. The topological polar surface area (TPSA) is 93.5 Å². The van der Waals surface area contributed by atoms with Crippen molar-refractivity contribution in [2.45, 2.75) is 13.8 Å². The van der Waals surface area contributed by atoms with Crippen molar-refractivity contribution >= 4 is 23.0 Å². The summed E-state index contributed by atoms with van der Waals surface area (Å²) in [4.78, 5) is 22.6. The van der Waals surface area contributed by atoms with Gasteiger partial charge in [0.2, 0.25) is 5.91 Å². The minimum atomic E-state index is -0.471. The lowest BCUT2D eigenvalue weighted by Crippen LogP contribution is -2.22. The molecular weight excluding hydrogens is 310 g/mol. The summed E-state index contributed by atoms with van der Waals surface area (Å²) in [5.74, 6) is 0.335. The van der Waals surface area contributed by atoms with E-state index in [9.17, 15) is 14.9 Å². The van der Waals surface area contributed by atoms with Gasteiger partial charge in [0.1, 0.15) is 5.75 Å². The van der Waals surface area contributed by atoms with Crippen LogP contribution in [0.15, 0.2) is 36.4 Å². The summed E-state index contributed by atoms with van der Waals surface area (Å²) in [5.41, 5.74) is 2.56. The van der Waals surface area contributed by atoms with Gasteiger partial charge in [-0.25, -0.2) is 0 Å². The second-order valence-electron chi connectivity index (χ2n) is 5.31. The second kappa shape index (κ2) is 7.45. The third-order valence-electron chi connectivity index (χ3n) is 3.57. The number of methoxy groups -OCH3 is 1. The van der Waals surface area contributed by atoms with E-state index in [1.807, 2.05) is 25.1 Å². The van der Waals surface area contributed by atoms with Crippen LogP contribution in [0.4, 0.5) is 17.1 Å². The number of amides is 1. The number of carbonyl (C=O) groups excluding carboxylic acids is 1. The van der Waals surface area contributed by atoms with Crippen LogP contribution >= 0.6 is 0 Å². The number of hydrogen-bond donors (Lipinski definition) is 2. The highest BCUT2D eigenvalue weighted by Gasteiger charge is 2.15. The highest BCUT2D eigenvalue weighted by Crippen LogP contribution is 2.26. The van der Waals surface area contributed by atoms with Gasteiger partial charge in [0.25, 0.3) is 5.69 Å². The van der Waals surface area contributed by atoms with Crippen molar-refractivity contribution in [2.75, 3.05) is 24.3 Å². The van der Waals surface area contributed by atoms with Crippen LogP contribution < -0.4 is 15.4 Å². The fourth-order valence-electron chi connectivity index (χ4n) is 2.29. The van der Waals surface area contributed by atoms with Crippen molar-refractivity contribution in [1.82, 2.24) is 0 Å². The maximum Gasteiger partial charge on any atom is 0.274 e. The summed E-state index contributed by atoms with van der Waals surface area (Å²) in [6.45, 7) is 3.56. The third-order valence-corrected chi connectivity index (χ3v) is 3.57. The molecule has 0 aliphatic carbocycles. The maximum atomic E-state index is 12.1. The third kappa shape index (κ3) is 4.01. The van der Waals surface area contributed by atoms with E-state index in [1.165, 1.54) is 12.1 Å². The SMILES string of the molecule is COc1ccc(C)cc1NCC(=O)Nc1cccc([N+](=O)[O-])c1C. The van der Waals surface area contributed by atoms with Crippen LogP contribution in [0.1, 0.15) is 11.1 Å². The smallest absolute Gasteiger partial charge is 0.274 e. The van der Waals surface area contributed by atoms with Crippen LogP contribution in [0.2, 0.25) is 0 Å². The van der Waals surface area contributed by atoms with Crippen molar-refractivity contribution in [3.05, 3.63) is 57.6 Å². The zero-order valence-corrected chi connectivity index (χ0v) is 13.8. The lowest BCUT2D eigenvalue weighted by Gasteiger charge is -2.13. The molecule has 0 fully saturated rings. The average Bonchev–Trinajstić information content (AvgIpc) is 2.54. The molecule has 24 heavy (non-hydrogen) atoms. The van der Waals surface area contributed by atoms with Gasteiger partial charge in [-0.15, -0.1) is 0 Å². The van der Waals surface area contributed by atoms with Crippen molar-refractivity contribution in [3.8, 4) is 5.75 Å². The molecule has 126 valence electrons. The van der Waals surface area contributed by atoms with Gasteiger partial charge in [-0.3, -0.25) is 14.9 Å². The minimum Gasteiger partial charge on any atom is -0.495 e. The van der Waals surface area contributed by atoms with Crippen molar-refractivity contribution in [1.29, 1.82) is 0 Å². The molecule has 0 aliphatic rings. The number of anilines is 2. The summed E-state index contributed by atoms with van der Waals surface area (Å²) >= 11 is 0. The Hall–Kier alpha value is -3.09. The molecule has 7 nitrogen and oxygen atoms in total. The fourth-order valence-corrected chi connectivity index (χ4v) is 2.29. The Balaban J connectivity index is 2.06. The van der Waals surface area contributed by atoms with Crippen LogP contribution in [0.25, 0.3) is 0 Å². The lowest BCUT2D eigenvalue weighted by molar-refractivity contribution is -0.385. The zero-order valence-electron chi connectivity index (χ0n) is 13.8. The van der Waals surface area contributed by atoms with Gasteiger partial charge in [-0.1, -0.05) is 12.1 Å². The lowest BCUT2D eigenvalue weighted by atomic mass is 10.1. The first-order chi connectivity index (χ1) is 11.4. The minimum absolute atomic E-state index is 0.0158. The second-order valence-corrected chi connectivity index (χ2v) is 5.31. The van der Waals surface area contributed by atoms with Crippen molar-refractivity contribution < 1.29 is 14.5 Å². The summed E-state index contributed by atoms with van der Waals surface area (Å²) < 4.78 is 5.24. The van der Waals surface area contributed by atoms with Crippen LogP contribution in [0.3, 0.4) is 0 Å². The molecule has 0 spiro atoms. The predicted molar refractivity (Wildman–Crippen MR) is 92.7 cm³/mol. The Morgan fingerprint density at radius 3 is 2.62 bits per heavy atom. The molecule has 2 rings (SSSR count). The van der Waals surface area contributed by atoms with E-state index in [0.717, 1.165) is 5.56 Å². The number of ether oxygens (including phenoxy) is 1. The predicted octanol–water partition coefficient (Wildman–Crippen LogP) is 3.27. The van der Waals surface area contributed by atoms with Gasteiger partial charge in [0.15, 0.2) is 0 Å². The Bertz CT molecular complexity index is 774. The van der Waals surface area contributed by atoms with Gasteiger partial charge in [0, 0.05) is 6.07 Å². The molecule has 1 amide bonds. The van der Waals surface area contributed by atoms with E-state index < -0.39 is 4.92 Å². The summed E-state index contributed by atoms with van der Waals surface area (Å²) in [5, 5.41) is 16.6. The Kier molecular flexibility index (Phi) is 5.36. The van der Waals surface area contributed by atoms with Crippen LogP contribution in [-0.2, 0) is 4.79 Å². The van der Waals surface area contributed by atoms with Gasteiger partial charge >= 0.3 is 0 Å². The molecule has 2 aromatic carbocycles. The van der Waals surface area contributed by atoms with Gasteiger partial charge in [0.05, 0.1) is 35.5 Å². The van der Waals surface area contributed by atoms with Crippen molar-refractivity contribution in [3.63, 3.8) is 0 Å². The number of aryl methyl sites for hydroxylation is 1. The molecule has 0 heterocycles. The van der Waals surface area contributed by atoms with Gasteiger partial charge in [-0.2, -0.15) is 0 Å². The monoisotopic (exact) mass is 329 g/mol. The van der Waals surface area contributed by atoms with Gasteiger partial charge in [-0.05, 0) is 37.6 Å². The molecule has 2 aromatic rings. The quantitative estimate of drug-likeness (QED) is 0.626. The van der Waals surface area contributed by atoms with Crippen molar-refractivity contribution in [2.24, 2.45) is 0 Å². The van der Waals surface area contributed by atoms with E-state index in [0.29, 0.717) is 22.7 Å². The highest BCUT2D eigenvalue weighted by molar-refractivity contribution is 5.95. The van der Waals surface area contributed by atoms with E-state index in [4.69, 9.17) is 4.74 Å². The van der Waals surface area contributed by atoms with Crippen LogP contribution in [-0.4, -0.2) is 24.5 Å². The Morgan fingerprint density at radius 2 is 1.96 bits per heavy atom. The molecular formula is C17H19N3O4. The number of nitro groups is 1. The highest BCUT2D eigenvalue weighted by atomic mass is 16.6. The number of benzene rings is 2. The first kappa shape index (κ1) is 17.3. The fraction of sp³-hybridized carbons (Fsp3) is 0.235. The number of carbonyl (C=O) groups is 1. The molecule has 0 saturated carbocycles. The maximum absolute atomic E-state index is 12.1. The van der Waals surface area contributed by atoms with Crippen LogP contribution in [0.5, 0.6) is 5.75 Å². The first-order valence-corrected chi connectivity index (χ1v) is 7.34. The van der Waals surface area contributed by atoms with E-state index in [-0.39, 0.29) is 18.1 Å². The molecule has 0 aromatic heterocycles. The number of hydrogen-bond acceptors (Lipinski definition) is 5. The Morgan fingerprint density at radius 1 is 1.21 bits per heavy atom. The molecule has 0 atom stereocenters. The molecule has 0 aliphatic heterocycles. The summed E-state index contributed by atoms with van der Waals surface area (Å²) in [6, 6.07) is 10.2. The average molecular weight is 329 g/mol. The van der Waals surface area contributed by atoms with Gasteiger partial charge < -0.3 is 15.4 Å². The molecule has 7 heteroatoms. The van der Waals surface area contributed by atoms with E-state index >= 15 is 0 Å². The first-order valence-electron chi connectivity index (χ1n) is 7.34. The Labute approximate surface area is 139 Å². The molecule has 2 N–H and O–H groups in total. The number of nitrogens with one attached hydrogen (secondary N) is 2. The molecule has 0 saturated heterocycles. The van der Waals surface area contributed by atoms with E-state index in [1.54, 1.807) is 20.1 Å². The standard InChI is InChI=1S/C17H19N3O4/c1-11-7-8-16(24-3)14(9-11)18-10-17(21)19-13-5-4-6-15(12(13)2)20(22)23/h4-9,18H,10H2,1-3H3,(H,19,21). The molecule has 0 unspecified atom stereocenters. The van der Waals surface area contributed by atoms with E-state index in [2.05, 4.69) is 10.6 Å². The summed E-state index contributed by atoms with van der Waals surface area (Å²) in [6.07, 6.45) is 0. The number of nitrogens with zero attached hydrogens (tertiary/aromatic N) is 1. The normalized spacial score (nSPS) is 10.1. The molecule has 0 radical (unpaired) electrons.